The molecule has 1 aromatic carbocycles. The van der Waals surface area contributed by atoms with Crippen LogP contribution in [0.25, 0.3) is 0 Å². The Kier molecular flexibility index (Phi) is 4.18. The van der Waals surface area contributed by atoms with Gasteiger partial charge in [-0.15, -0.1) is 0 Å². The molecule has 0 fully saturated rings. The van der Waals surface area contributed by atoms with Gasteiger partial charge in [-0.3, -0.25) is 4.79 Å². The number of pyridine rings is 1. The maximum atomic E-state index is 12.7. The van der Waals surface area contributed by atoms with Crippen LogP contribution >= 0.6 is 0 Å². The first-order valence-corrected chi connectivity index (χ1v) is 6.37. The smallest absolute Gasteiger partial charge is 0.322 e. The van der Waals surface area contributed by atoms with Gasteiger partial charge >= 0.3 is 6.18 Å². The molecule has 2 aromatic rings. The first kappa shape index (κ1) is 15.3. The fourth-order valence-electron chi connectivity index (χ4n) is 1.97. The van der Waals surface area contributed by atoms with Crippen LogP contribution in [0.1, 0.15) is 22.7 Å². The molecule has 2 rings (SSSR count). The zero-order chi connectivity index (χ0) is 15.6. The Labute approximate surface area is 119 Å². The summed E-state index contributed by atoms with van der Waals surface area (Å²) in [6.45, 7) is 1.92. The molecule has 2 N–H and O–H groups in total. The second-order valence-electron chi connectivity index (χ2n) is 4.92. The van der Waals surface area contributed by atoms with Gasteiger partial charge in [0.15, 0.2) is 0 Å². The minimum atomic E-state index is -4.48. The topological polar surface area (TPSA) is 48.0 Å². The van der Waals surface area contributed by atoms with E-state index in [-0.39, 0.29) is 6.54 Å². The largest absolute Gasteiger partial charge is 0.417 e. The van der Waals surface area contributed by atoms with Gasteiger partial charge in [0, 0.05) is 24.8 Å². The molecule has 112 valence electrons. The first-order valence-electron chi connectivity index (χ1n) is 6.37. The predicted octanol–water partition coefficient (Wildman–Crippen LogP) is 2.88. The molecule has 0 aliphatic rings. The van der Waals surface area contributed by atoms with Gasteiger partial charge in [0.25, 0.3) is 5.56 Å². The van der Waals surface area contributed by atoms with Gasteiger partial charge in [-0.2, -0.15) is 13.2 Å². The van der Waals surface area contributed by atoms with Crippen LogP contribution in [0.2, 0.25) is 0 Å². The molecule has 0 bridgehead atoms. The number of hydrogen-bond acceptors (Lipinski definition) is 2. The van der Waals surface area contributed by atoms with E-state index in [0.717, 1.165) is 34.0 Å². The van der Waals surface area contributed by atoms with Crippen molar-refractivity contribution in [3.8, 4) is 0 Å². The van der Waals surface area contributed by atoms with Gasteiger partial charge in [-0.05, 0) is 18.6 Å². The molecule has 0 spiro atoms. The highest BCUT2D eigenvalue weighted by atomic mass is 19.4. The number of aryl methyl sites for hydroxylation is 1. The highest BCUT2D eigenvalue weighted by Crippen LogP contribution is 2.28. The lowest BCUT2D eigenvalue weighted by Gasteiger charge is -2.16. The Hall–Kier alpha value is -2.08. The van der Waals surface area contributed by atoms with Crippen LogP contribution in [0.5, 0.6) is 0 Å². The molecule has 1 unspecified atom stereocenters. The zero-order valence-electron chi connectivity index (χ0n) is 11.4. The van der Waals surface area contributed by atoms with E-state index in [1.165, 1.54) is 0 Å². The second kappa shape index (κ2) is 5.73. The van der Waals surface area contributed by atoms with E-state index in [0.29, 0.717) is 0 Å². The fraction of sp³-hybridized carbons (Fsp3) is 0.267. The lowest BCUT2D eigenvalue weighted by molar-refractivity contribution is -0.138. The van der Waals surface area contributed by atoms with E-state index >= 15 is 0 Å². The Bertz CT molecular complexity index is 675. The quantitative estimate of drug-likeness (QED) is 0.946. The third-order valence-electron chi connectivity index (χ3n) is 3.21. The lowest BCUT2D eigenvalue weighted by Crippen LogP contribution is -2.27. The minimum absolute atomic E-state index is 0.00812. The van der Waals surface area contributed by atoms with Gasteiger partial charge in [0.1, 0.15) is 0 Å². The number of rotatable bonds is 3. The van der Waals surface area contributed by atoms with Crippen molar-refractivity contribution in [3.63, 3.8) is 0 Å². The van der Waals surface area contributed by atoms with Crippen LogP contribution in [-0.4, -0.2) is 4.57 Å². The van der Waals surface area contributed by atoms with E-state index in [4.69, 9.17) is 5.73 Å². The molecule has 1 atom stereocenters. The number of hydrogen-bond donors (Lipinski definition) is 1. The van der Waals surface area contributed by atoms with Crippen molar-refractivity contribution in [2.75, 3.05) is 0 Å². The fourth-order valence-corrected chi connectivity index (χ4v) is 1.97. The van der Waals surface area contributed by atoms with Crippen molar-refractivity contribution in [1.29, 1.82) is 0 Å². The Morgan fingerprint density at radius 2 is 1.76 bits per heavy atom. The standard InChI is InChI=1S/C15H15F3N2O/c1-10-2-4-11(5-3-10)13(19)9-20-8-12(15(16,17)18)6-7-14(20)21/h2-8,13H,9,19H2,1H3. The van der Waals surface area contributed by atoms with Crippen LogP contribution in [0, 0.1) is 6.92 Å². The average molecular weight is 296 g/mol. The first-order chi connectivity index (χ1) is 9.77. The van der Waals surface area contributed by atoms with Crippen molar-refractivity contribution < 1.29 is 13.2 Å². The van der Waals surface area contributed by atoms with Gasteiger partial charge in [0.2, 0.25) is 0 Å². The molecule has 0 amide bonds. The molecular formula is C15H15F3N2O. The summed E-state index contributed by atoms with van der Waals surface area (Å²) in [5.41, 5.74) is 6.42. The molecule has 0 aliphatic carbocycles. The van der Waals surface area contributed by atoms with Crippen LogP contribution < -0.4 is 11.3 Å². The number of alkyl halides is 3. The highest BCUT2D eigenvalue weighted by Gasteiger charge is 2.31. The van der Waals surface area contributed by atoms with E-state index in [2.05, 4.69) is 0 Å². The van der Waals surface area contributed by atoms with Crippen LogP contribution in [0.3, 0.4) is 0 Å². The van der Waals surface area contributed by atoms with Crippen LogP contribution in [0.15, 0.2) is 47.4 Å². The summed E-state index contributed by atoms with van der Waals surface area (Å²) in [7, 11) is 0. The molecule has 1 aromatic heterocycles. The zero-order valence-corrected chi connectivity index (χ0v) is 11.4. The summed E-state index contributed by atoms with van der Waals surface area (Å²) in [5.74, 6) is 0. The summed E-state index contributed by atoms with van der Waals surface area (Å²) in [6, 6.07) is 8.47. The average Bonchev–Trinajstić information content (AvgIpc) is 2.40. The van der Waals surface area contributed by atoms with E-state index in [9.17, 15) is 18.0 Å². The Balaban J connectivity index is 2.26. The maximum absolute atomic E-state index is 12.7. The second-order valence-corrected chi connectivity index (χ2v) is 4.92. The van der Waals surface area contributed by atoms with Gasteiger partial charge in [-0.1, -0.05) is 29.8 Å². The molecule has 21 heavy (non-hydrogen) atoms. The predicted molar refractivity (Wildman–Crippen MR) is 73.8 cm³/mol. The van der Waals surface area contributed by atoms with Gasteiger partial charge in [-0.25, -0.2) is 0 Å². The van der Waals surface area contributed by atoms with Crippen LogP contribution in [-0.2, 0) is 12.7 Å². The Morgan fingerprint density at radius 3 is 2.33 bits per heavy atom. The molecular weight excluding hydrogens is 281 g/mol. The van der Waals surface area contributed by atoms with Gasteiger partial charge in [0.05, 0.1) is 5.56 Å². The number of nitrogens with two attached hydrogens (primary N) is 1. The molecule has 0 aliphatic heterocycles. The molecule has 0 saturated heterocycles. The maximum Gasteiger partial charge on any atom is 0.417 e. The van der Waals surface area contributed by atoms with E-state index in [1.54, 1.807) is 12.1 Å². The number of benzene rings is 1. The third-order valence-corrected chi connectivity index (χ3v) is 3.21. The van der Waals surface area contributed by atoms with Crippen molar-refractivity contribution in [3.05, 3.63) is 69.6 Å². The highest BCUT2D eigenvalue weighted by molar-refractivity contribution is 5.24. The van der Waals surface area contributed by atoms with Crippen molar-refractivity contribution in [2.24, 2.45) is 5.73 Å². The number of halogens is 3. The monoisotopic (exact) mass is 296 g/mol. The third kappa shape index (κ3) is 3.72. The molecule has 3 nitrogen and oxygen atoms in total. The van der Waals surface area contributed by atoms with E-state index < -0.39 is 23.3 Å². The Morgan fingerprint density at radius 1 is 1.14 bits per heavy atom. The van der Waals surface area contributed by atoms with Crippen molar-refractivity contribution >= 4 is 0 Å². The number of aromatic nitrogens is 1. The molecule has 1 heterocycles. The normalized spacial score (nSPS) is 13.2. The van der Waals surface area contributed by atoms with Crippen molar-refractivity contribution in [2.45, 2.75) is 25.7 Å². The molecule has 0 radical (unpaired) electrons. The summed E-state index contributed by atoms with van der Waals surface area (Å²) in [4.78, 5) is 11.7. The van der Waals surface area contributed by atoms with Crippen molar-refractivity contribution in [1.82, 2.24) is 4.57 Å². The summed E-state index contributed by atoms with van der Waals surface area (Å²) < 4.78 is 39.0. The van der Waals surface area contributed by atoms with Crippen LogP contribution in [0.4, 0.5) is 13.2 Å². The molecule has 0 saturated carbocycles. The lowest BCUT2D eigenvalue weighted by atomic mass is 10.1. The summed E-state index contributed by atoms with van der Waals surface area (Å²) in [5, 5.41) is 0. The number of nitrogens with zero attached hydrogens (tertiary/aromatic N) is 1. The SMILES string of the molecule is Cc1ccc(C(N)Cn2cc(C(F)(F)F)ccc2=O)cc1. The summed E-state index contributed by atoms with van der Waals surface area (Å²) in [6.07, 6.45) is -3.68. The van der Waals surface area contributed by atoms with E-state index in [1.807, 2.05) is 19.1 Å². The van der Waals surface area contributed by atoms with Gasteiger partial charge < -0.3 is 10.3 Å². The molecule has 6 heteroatoms. The summed E-state index contributed by atoms with van der Waals surface area (Å²) >= 11 is 0. The minimum Gasteiger partial charge on any atom is -0.322 e.